The zero-order valence-corrected chi connectivity index (χ0v) is 19.3. The molecule has 1 amide bonds. The van der Waals surface area contributed by atoms with Crippen molar-refractivity contribution in [2.75, 3.05) is 12.1 Å². The van der Waals surface area contributed by atoms with Crippen LogP contribution in [0.25, 0.3) is 0 Å². The fraction of sp³-hybridized carbons (Fsp3) is 0.588. The Bertz CT molecular complexity index is 861. The highest BCUT2D eigenvalue weighted by Crippen LogP contribution is 2.82. The van der Waals surface area contributed by atoms with Crippen LogP contribution < -0.4 is 14.8 Å². The summed E-state index contributed by atoms with van der Waals surface area (Å²) in [6, 6.07) is 2.75. The molecule has 1 aromatic rings. The zero-order valence-electron chi connectivity index (χ0n) is 14.6. The Hall–Kier alpha value is -0.870. The van der Waals surface area contributed by atoms with Gasteiger partial charge in [0.05, 0.1) is 20.1 Å². The van der Waals surface area contributed by atoms with E-state index in [1.54, 1.807) is 0 Å². The molecule has 3 saturated carbocycles. The van der Waals surface area contributed by atoms with E-state index in [-0.39, 0.29) is 43.5 Å². The molecule has 5 rings (SSSR count). The van der Waals surface area contributed by atoms with E-state index in [1.165, 1.54) is 12.1 Å². The minimum Gasteiger partial charge on any atom is -0.454 e. The maximum atomic E-state index is 13.4. The van der Waals surface area contributed by atoms with Crippen molar-refractivity contribution in [1.29, 1.82) is 0 Å². The molecule has 3 unspecified atom stereocenters. The molecule has 10 heteroatoms. The highest BCUT2D eigenvalue weighted by Gasteiger charge is 2.83. The molecule has 7 nitrogen and oxygen atoms in total. The van der Waals surface area contributed by atoms with E-state index >= 15 is 0 Å². The molecule has 27 heavy (non-hydrogen) atoms. The Morgan fingerprint density at radius 2 is 1.93 bits per heavy atom. The van der Waals surface area contributed by atoms with E-state index < -0.39 is 10.3 Å². The lowest BCUT2D eigenvalue weighted by molar-refractivity contribution is -0.384. The first-order valence-electron chi connectivity index (χ1n) is 8.41. The second-order valence-corrected chi connectivity index (χ2v) is 11.7. The van der Waals surface area contributed by atoms with E-state index in [4.69, 9.17) is 9.47 Å². The van der Waals surface area contributed by atoms with Crippen LogP contribution in [0.15, 0.2) is 12.1 Å². The molecule has 3 aliphatic carbocycles. The SMILES string of the molecule is CC1(C)C2(C(=O)Nc3cc4c(cc3[N+](=O)[O-])OCO4)CCC1(C(Br)Br)C2Br. The summed E-state index contributed by atoms with van der Waals surface area (Å²) in [5, 5.41) is 14.3. The van der Waals surface area contributed by atoms with Crippen molar-refractivity contribution in [2.24, 2.45) is 16.2 Å². The number of alkyl halides is 3. The summed E-state index contributed by atoms with van der Waals surface area (Å²) in [7, 11) is 0. The van der Waals surface area contributed by atoms with Crippen LogP contribution in [0.2, 0.25) is 0 Å². The predicted octanol–water partition coefficient (Wildman–Crippen LogP) is 4.95. The van der Waals surface area contributed by atoms with Gasteiger partial charge in [-0.25, -0.2) is 0 Å². The Labute approximate surface area is 181 Å². The van der Waals surface area contributed by atoms with Crippen molar-refractivity contribution in [3.63, 3.8) is 0 Å². The third-order valence-electron chi connectivity index (χ3n) is 6.83. The molecule has 0 aromatic heterocycles. The average Bonchev–Trinajstić information content (AvgIpc) is 3.23. The topological polar surface area (TPSA) is 90.7 Å². The van der Waals surface area contributed by atoms with E-state index in [9.17, 15) is 14.9 Å². The number of amides is 1. The molecule has 146 valence electrons. The largest absolute Gasteiger partial charge is 0.454 e. The summed E-state index contributed by atoms with van der Waals surface area (Å²) in [5.74, 6) is 0.477. The van der Waals surface area contributed by atoms with Crippen LogP contribution >= 0.6 is 47.8 Å². The van der Waals surface area contributed by atoms with Crippen molar-refractivity contribution in [1.82, 2.24) is 0 Å². The fourth-order valence-electron chi connectivity index (χ4n) is 5.11. The molecule has 3 atom stereocenters. The van der Waals surface area contributed by atoms with Gasteiger partial charge in [-0.1, -0.05) is 61.6 Å². The van der Waals surface area contributed by atoms with Crippen molar-refractivity contribution in [3.8, 4) is 11.5 Å². The number of anilines is 1. The van der Waals surface area contributed by atoms with Crippen LogP contribution in [-0.4, -0.2) is 26.2 Å². The summed E-state index contributed by atoms with van der Waals surface area (Å²) < 4.78 is 10.6. The first-order valence-corrected chi connectivity index (χ1v) is 11.2. The Balaban J connectivity index is 1.69. The van der Waals surface area contributed by atoms with Gasteiger partial charge in [-0.3, -0.25) is 14.9 Å². The van der Waals surface area contributed by atoms with Gasteiger partial charge in [0.2, 0.25) is 12.7 Å². The standard InChI is InChI=1S/C17H17Br3N2O5/c1-15(2)16(13(19)20)3-4-17(15,12(16)18)14(23)21-8-5-10-11(27-7-26-10)6-9(8)22(24)25/h5-6,12-13H,3-4,7H2,1-2H3,(H,21,23). The molecule has 1 heterocycles. The number of carbonyl (C=O) groups excluding carboxylic acids is 1. The van der Waals surface area contributed by atoms with Gasteiger partial charge in [0.1, 0.15) is 5.69 Å². The smallest absolute Gasteiger partial charge is 0.296 e. The number of nitrogens with zero attached hydrogens (tertiary/aromatic N) is 1. The molecule has 1 aromatic carbocycles. The number of nitro benzene ring substituents is 1. The van der Waals surface area contributed by atoms with E-state index in [0.717, 1.165) is 6.42 Å². The summed E-state index contributed by atoms with van der Waals surface area (Å²) in [5.41, 5.74) is -1.17. The lowest BCUT2D eigenvalue weighted by Gasteiger charge is -2.66. The highest BCUT2D eigenvalue weighted by atomic mass is 79.9. The summed E-state index contributed by atoms with van der Waals surface area (Å²) in [6.45, 7) is 4.17. The Kier molecular flexibility index (Phi) is 4.37. The number of ether oxygens (including phenoxy) is 2. The zero-order chi connectivity index (χ0) is 19.8. The highest BCUT2D eigenvalue weighted by molar-refractivity contribution is 9.24. The molecular formula is C17H17Br3N2O5. The van der Waals surface area contributed by atoms with Crippen LogP contribution in [0.1, 0.15) is 26.7 Å². The van der Waals surface area contributed by atoms with Gasteiger partial charge in [-0.2, -0.15) is 0 Å². The third kappa shape index (κ3) is 2.20. The molecule has 0 saturated heterocycles. The monoisotopic (exact) mass is 566 g/mol. The molecule has 0 spiro atoms. The van der Waals surface area contributed by atoms with E-state index in [1.807, 2.05) is 0 Å². The second kappa shape index (κ2) is 6.06. The van der Waals surface area contributed by atoms with Crippen LogP contribution in [0.4, 0.5) is 11.4 Å². The maximum Gasteiger partial charge on any atom is 0.296 e. The van der Waals surface area contributed by atoms with Gasteiger partial charge in [-0.05, 0) is 18.3 Å². The number of rotatable bonds is 4. The maximum absolute atomic E-state index is 13.4. The van der Waals surface area contributed by atoms with Crippen LogP contribution in [0, 0.1) is 26.4 Å². The van der Waals surface area contributed by atoms with E-state index in [2.05, 4.69) is 67.0 Å². The first-order chi connectivity index (χ1) is 12.6. The first kappa shape index (κ1) is 19.4. The lowest BCUT2D eigenvalue weighted by atomic mass is 9.43. The normalized spacial score (nSPS) is 32.3. The molecule has 3 fully saturated rings. The molecular weight excluding hydrogens is 552 g/mol. The number of hydrogen-bond acceptors (Lipinski definition) is 5. The van der Waals surface area contributed by atoms with Crippen LogP contribution in [0.5, 0.6) is 11.5 Å². The van der Waals surface area contributed by atoms with E-state index in [0.29, 0.717) is 17.9 Å². The Morgan fingerprint density at radius 1 is 1.30 bits per heavy atom. The fourth-order valence-corrected chi connectivity index (χ4v) is 10.0. The van der Waals surface area contributed by atoms with Gasteiger partial charge in [0.15, 0.2) is 11.5 Å². The number of halogens is 3. The van der Waals surface area contributed by atoms with Crippen LogP contribution in [-0.2, 0) is 4.79 Å². The third-order valence-corrected chi connectivity index (χ3v) is 10.1. The molecule has 2 bridgehead atoms. The van der Waals surface area contributed by atoms with Crippen molar-refractivity contribution in [2.45, 2.75) is 35.3 Å². The summed E-state index contributed by atoms with van der Waals surface area (Å²) in [6.07, 6.45) is 1.57. The van der Waals surface area contributed by atoms with Gasteiger partial charge >= 0.3 is 0 Å². The van der Waals surface area contributed by atoms with Gasteiger partial charge < -0.3 is 14.8 Å². The summed E-state index contributed by atoms with van der Waals surface area (Å²) >= 11 is 11.1. The lowest BCUT2D eigenvalue weighted by Crippen LogP contribution is -2.71. The number of hydrogen-bond donors (Lipinski definition) is 1. The van der Waals surface area contributed by atoms with Crippen LogP contribution in [0.3, 0.4) is 0 Å². The molecule has 4 aliphatic rings. The minimum absolute atomic E-state index is 0.00470. The van der Waals surface area contributed by atoms with Gasteiger partial charge in [-0.15, -0.1) is 0 Å². The predicted molar refractivity (Wildman–Crippen MR) is 110 cm³/mol. The quantitative estimate of drug-likeness (QED) is 0.315. The average molecular weight is 569 g/mol. The van der Waals surface area contributed by atoms with Crippen molar-refractivity contribution in [3.05, 3.63) is 22.2 Å². The number of benzene rings is 1. The van der Waals surface area contributed by atoms with Crippen molar-refractivity contribution >= 4 is 65.1 Å². The summed E-state index contributed by atoms with van der Waals surface area (Å²) in [4.78, 5) is 24.3. The molecule has 1 N–H and O–H groups in total. The van der Waals surface area contributed by atoms with Gasteiger partial charge in [0.25, 0.3) is 5.69 Å². The van der Waals surface area contributed by atoms with Crippen molar-refractivity contribution < 1.29 is 19.2 Å². The van der Waals surface area contributed by atoms with Gasteiger partial charge in [0, 0.05) is 16.3 Å². The molecule has 1 aliphatic heterocycles. The minimum atomic E-state index is -0.656. The number of nitrogens with one attached hydrogen (secondary N) is 1. The number of carbonyl (C=O) groups is 1. The number of fused-ring (bicyclic) bond motifs is 2. The Morgan fingerprint density at radius 3 is 2.44 bits per heavy atom. The molecule has 0 radical (unpaired) electrons. The number of nitro groups is 1. The second-order valence-electron chi connectivity index (χ2n) is 7.73.